The fourth-order valence-electron chi connectivity index (χ4n) is 3.87. The van der Waals surface area contributed by atoms with Crippen LogP contribution in [-0.4, -0.2) is 44.9 Å². The number of amides is 1. The molecule has 0 spiro atoms. The van der Waals surface area contributed by atoms with Crippen molar-refractivity contribution >= 4 is 5.91 Å². The molecule has 2 aliphatic rings. The molecule has 1 atom stereocenters. The summed E-state index contributed by atoms with van der Waals surface area (Å²) in [6.45, 7) is 0.550. The van der Waals surface area contributed by atoms with Crippen molar-refractivity contribution in [1.82, 2.24) is 14.7 Å². The number of benzene rings is 1. The van der Waals surface area contributed by atoms with Crippen molar-refractivity contribution in [3.05, 3.63) is 46.8 Å². The van der Waals surface area contributed by atoms with Crippen molar-refractivity contribution < 1.29 is 18.7 Å². The molecular formula is C18H19F2N3O2. The van der Waals surface area contributed by atoms with Crippen molar-refractivity contribution in [2.24, 2.45) is 0 Å². The second kappa shape index (κ2) is 6.22. The summed E-state index contributed by atoms with van der Waals surface area (Å²) in [5.74, 6) is -2.03. The zero-order valence-electron chi connectivity index (χ0n) is 13.7. The van der Waals surface area contributed by atoms with E-state index in [2.05, 4.69) is 5.10 Å². The van der Waals surface area contributed by atoms with Crippen molar-refractivity contribution in [2.45, 2.75) is 38.1 Å². The van der Waals surface area contributed by atoms with Crippen molar-refractivity contribution in [3.63, 3.8) is 0 Å². The lowest BCUT2D eigenvalue weighted by molar-refractivity contribution is 0.0670. The largest absolute Gasteiger partial charge is 0.394 e. The number of fused-ring (bicyclic) bond motifs is 1. The van der Waals surface area contributed by atoms with E-state index < -0.39 is 11.6 Å². The molecule has 7 heteroatoms. The van der Waals surface area contributed by atoms with Gasteiger partial charge in [-0.25, -0.2) is 13.5 Å². The number of likely N-dealkylation sites (tertiary alicyclic amines) is 1. The van der Waals surface area contributed by atoms with E-state index in [-0.39, 0.29) is 18.6 Å². The fourth-order valence-corrected chi connectivity index (χ4v) is 3.87. The molecule has 0 bridgehead atoms. The minimum Gasteiger partial charge on any atom is -0.394 e. The van der Waals surface area contributed by atoms with E-state index >= 15 is 0 Å². The molecule has 0 radical (unpaired) electrons. The molecule has 132 valence electrons. The predicted molar refractivity (Wildman–Crippen MR) is 86.6 cm³/mol. The maximum atomic E-state index is 13.6. The van der Waals surface area contributed by atoms with E-state index in [0.717, 1.165) is 55.5 Å². The van der Waals surface area contributed by atoms with Gasteiger partial charge in [-0.2, -0.15) is 5.10 Å². The first-order valence-electron chi connectivity index (χ1n) is 8.58. The van der Waals surface area contributed by atoms with Gasteiger partial charge < -0.3 is 10.0 Å². The van der Waals surface area contributed by atoms with E-state index in [9.17, 15) is 18.7 Å². The van der Waals surface area contributed by atoms with Gasteiger partial charge in [-0.3, -0.25) is 4.79 Å². The number of halogens is 2. The van der Waals surface area contributed by atoms with E-state index in [1.807, 2.05) is 0 Å². The fraction of sp³-hybridized carbons (Fsp3) is 0.444. The smallest absolute Gasteiger partial charge is 0.274 e. The summed E-state index contributed by atoms with van der Waals surface area (Å²) >= 11 is 0. The number of aromatic nitrogens is 2. The van der Waals surface area contributed by atoms with Crippen LogP contribution in [-0.2, 0) is 12.8 Å². The highest BCUT2D eigenvalue weighted by Crippen LogP contribution is 2.30. The molecule has 25 heavy (non-hydrogen) atoms. The van der Waals surface area contributed by atoms with Gasteiger partial charge in [0.2, 0.25) is 0 Å². The summed E-state index contributed by atoms with van der Waals surface area (Å²) in [4.78, 5) is 14.6. The molecule has 2 heterocycles. The monoisotopic (exact) mass is 347 g/mol. The lowest BCUT2D eigenvalue weighted by Crippen LogP contribution is -2.38. The van der Waals surface area contributed by atoms with E-state index in [1.54, 1.807) is 9.58 Å². The topological polar surface area (TPSA) is 58.4 Å². The Morgan fingerprint density at radius 3 is 2.84 bits per heavy atom. The van der Waals surface area contributed by atoms with Crippen LogP contribution < -0.4 is 0 Å². The third-order valence-electron chi connectivity index (χ3n) is 5.13. The first-order valence-corrected chi connectivity index (χ1v) is 8.58. The third-order valence-corrected chi connectivity index (χ3v) is 5.13. The van der Waals surface area contributed by atoms with Crippen LogP contribution in [0.25, 0.3) is 5.69 Å². The lowest BCUT2D eigenvalue weighted by atomic mass is 10.1. The molecule has 1 aromatic carbocycles. The molecular weight excluding hydrogens is 328 g/mol. The molecule has 5 nitrogen and oxygen atoms in total. The Labute approximate surface area is 143 Å². The number of carbonyl (C=O) groups excluding carboxylic acids is 1. The Hall–Kier alpha value is -2.28. The third kappa shape index (κ3) is 2.63. The van der Waals surface area contributed by atoms with Gasteiger partial charge in [-0.15, -0.1) is 0 Å². The molecule has 1 N–H and O–H groups in total. The average molecular weight is 347 g/mol. The Morgan fingerprint density at radius 2 is 2.08 bits per heavy atom. The van der Waals surface area contributed by atoms with Crippen LogP contribution in [0.3, 0.4) is 0 Å². The zero-order valence-corrected chi connectivity index (χ0v) is 13.7. The molecule has 0 unspecified atom stereocenters. The van der Waals surface area contributed by atoms with Crippen LogP contribution in [0.5, 0.6) is 0 Å². The van der Waals surface area contributed by atoms with Gasteiger partial charge in [0.05, 0.1) is 18.3 Å². The van der Waals surface area contributed by atoms with Crippen LogP contribution in [0.2, 0.25) is 0 Å². The summed E-state index contributed by atoms with van der Waals surface area (Å²) < 4.78 is 28.4. The van der Waals surface area contributed by atoms with E-state index in [1.165, 1.54) is 6.07 Å². The second-order valence-corrected chi connectivity index (χ2v) is 6.61. The number of aliphatic hydroxyl groups is 1. The molecule has 1 aliphatic carbocycles. The molecule has 1 saturated heterocycles. The minimum atomic E-state index is -0.937. The molecule has 1 aliphatic heterocycles. The molecule has 4 rings (SSSR count). The lowest BCUT2D eigenvalue weighted by Gasteiger charge is -2.22. The van der Waals surface area contributed by atoms with Crippen LogP contribution in [0.1, 0.15) is 41.0 Å². The van der Waals surface area contributed by atoms with Crippen molar-refractivity contribution in [1.29, 1.82) is 0 Å². The van der Waals surface area contributed by atoms with Gasteiger partial charge in [0.15, 0.2) is 17.3 Å². The molecule has 1 aromatic heterocycles. The Morgan fingerprint density at radius 1 is 1.24 bits per heavy atom. The van der Waals surface area contributed by atoms with Gasteiger partial charge in [-0.05, 0) is 44.2 Å². The SMILES string of the molecule is O=C(c1nn(-c2ccc(F)c(F)c2)c2c1CCC2)N1CCC[C@@H]1CO. The highest BCUT2D eigenvalue weighted by molar-refractivity contribution is 5.94. The average Bonchev–Trinajstić information content (AvgIpc) is 3.32. The Balaban J connectivity index is 1.75. The molecule has 1 fully saturated rings. The predicted octanol–water partition coefficient (Wildman–Crippen LogP) is 2.24. The number of hydrogen-bond donors (Lipinski definition) is 1. The van der Waals surface area contributed by atoms with Gasteiger partial charge in [0.1, 0.15) is 0 Å². The first-order chi connectivity index (χ1) is 12.1. The van der Waals surface area contributed by atoms with Crippen LogP contribution in [0, 0.1) is 11.6 Å². The van der Waals surface area contributed by atoms with Crippen molar-refractivity contribution in [2.75, 3.05) is 13.2 Å². The summed E-state index contributed by atoms with van der Waals surface area (Å²) in [6, 6.07) is 3.46. The number of nitrogens with zero attached hydrogens (tertiary/aromatic N) is 3. The normalized spacial score (nSPS) is 19.5. The van der Waals surface area contributed by atoms with Crippen LogP contribution in [0.15, 0.2) is 18.2 Å². The molecule has 2 aromatic rings. The van der Waals surface area contributed by atoms with Crippen LogP contribution in [0.4, 0.5) is 8.78 Å². The number of aliphatic hydroxyl groups excluding tert-OH is 1. The highest BCUT2D eigenvalue weighted by atomic mass is 19.2. The standard InChI is InChI=1S/C18H19F2N3O2/c19-14-7-6-11(9-15(14)20)23-16-5-1-4-13(16)17(21-23)18(25)22-8-2-3-12(22)10-24/h6-7,9,12,24H,1-5,8,10H2/t12-/m1/s1. The quantitative estimate of drug-likeness (QED) is 0.926. The maximum Gasteiger partial charge on any atom is 0.274 e. The zero-order chi connectivity index (χ0) is 17.6. The number of hydrogen-bond acceptors (Lipinski definition) is 3. The van der Waals surface area contributed by atoms with Gasteiger partial charge in [-0.1, -0.05) is 0 Å². The summed E-state index contributed by atoms with van der Waals surface area (Å²) in [6.07, 6.45) is 4.05. The summed E-state index contributed by atoms with van der Waals surface area (Å²) in [7, 11) is 0. The van der Waals surface area contributed by atoms with Gasteiger partial charge >= 0.3 is 0 Å². The van der Waals surface area contributed by atoms with Crippen LogP contribution >= 0.6 is 0 Å². The minimum absolute atomic E-state index is 0.0577. The van der Waals surface area contributed by atoms with E-state index in [0.29, 0.717) is 17.9 Å². The molecule has 0 saturated carbocycles. The summed E-state index contributed by atoms with van der Waals surface area (Å²) in [5.41, 5.74) is 2.56. The molecule has 1 amide bonds. The van der Waals surface area contributed by atoms with E-state index in [4.69, 9.17) is 0 Å². The van der Waals surface area contributed by atoms with Gasteiger partial charge in [0.25, 0.3) is 5.91 Å². The highest BCUT2D eigenvalue weighted by Gasteiger charge is 2.34. The Kier molecular flexibility index (Phi) is 4.03. The summed E-state index contributed by atoms with van der Waals surface area (Å²) in [5, 5.41) is 13.9. The number of rotatable bonds is 3. The second-order valence-electron chi connectivity index (χ2n) is 6.61. The Bertz CT molecular complexity index is 834. The number of carbonyl (C=O) groups is 1. The van der Waals surface area contributed by atoms with Crippen molar-refractivity contribution in [3.8, 4) is 5.69 Å². The maximum absolute atomic E-state index is 13.6. The van der Waals surface area contributed by atoms with Gasteiger partial charge in [0, 0.05) is 23.9 Å². The first kappa shape index (κ1) is 16.2.